The smallest absolute Gasteiger partial charge is 0.305 e. The highest BCUT2D eigenvalue weighted by molar-refractivity contribution is 6.32. The van der Waals surface area contributed by atoms with Gasteiger partial charge in [-0.05, 0) is 6.42 Å². The van der Waals surface area contributed by atoms with E-state index in [4.69, 9.17) is 16.7 Å². The van der Waals surface area contributed by atoms with Crippen LogP contribution in [-0.2, 0) is 4.79 Å². The molecule has 0 bridgehead atoms. The zero-order valence-corrected chi connectivity index (χ0v) is 12.0. The Morgan fingerprint density at radius 1 is 1.57 bits per heavy atom. The van der Waals surface area contributed by atoms with Crippen molar-refractivity contribution in [1.82, 2.24) is 10.3 Å². The molecule has 1 heterocycles. The number of carboxylic acids is 1. The summed E-state index contributed by atoms with van der Waals surface area (Å²) >= 11 is 5.75. The highest BCUT2D eigenvalue weighted by atomic mass is 35.5. The van der Waals surface area contributed by atoms with Crippen molar-refractivity contribution >= 4 is 29.2 Å². The lowest BCUT2D eigenvalue weighted by molar-refractivity contribution is -0.385. The number of rotatable bonds is 7. The van der Waals surface area contributed by atoms with E-state index in [2.05, 4.69) is 10.3 Å². The van der Waals surface area contributed by atoms with E-state index in [0.717, 1.165) is 12.3 Å². The van der Waals surface area contributed by atoms with Crippen LogP contribution in [0.15, 0.2) is 12.3 Å². The Bertz CT molecular complexity index is 564. The monoisotopic (exact) mass is 315 g/mol. The van der Waals surface area contributed by atoms with Crippen molar-refractivity contribution < 1.29 is 19.6 Å². The minimum atomic E-state index is -1.04. The quantitative estimate of drug-likeness (QED) is 0.451. The second-order valence-electron chi connectivity index (χ2n) is 4.35. The molecule has 0 saturated carbocycles. The Hall–Kier alpha value is -2.22. The fraction of sp³-hybridized carbons (Fsp3) is 0.417. The van der Waals surface area contributed by atoms with E-state index in [1.165, 1.54) is 0 Å². The first kappa shape index (κ1) is 16.8. The van der Waals surface area contributed by atoms with Crippen LogP contribution < -0.4 is 5.32 Å². The van der Waals surface area contributed by atoms with Gasteiger partial charge in [-0.1, -0.05) is 24.9 Å². The van der Waals surface area contributed by atoms with E-state index in [9.17, 15) is 19.7 Å². The maximum atomic E-state index is 12.1. The molecule has 1 atom stereocenters. The molecule has 0 fully saturated rings. The van der Waals surface area contributed by atoms with E-state index in [1.807, 2.05) is 6.92 Å². The van der Waals surface area contributed by atoms with Crippen LogP contribution in [0.4, 0.5) is 5.69 Å². The maximum Gasteiger partial charge on any atom is 0.305 e. The molecule has 1 unspecified atom stereocenters. The zero-order chi connectivity index (χ0) is 16.0. The van der Waals surface area contributed by atoms with Gasteiger partial charge < -0.3 is 10.4 Å². The van der Waals surface area contributed by atoms with Crippen LogP contribution in [0.25, 0.3) is 0 Å². The minimum Gasteiger partial charge on any atom is -0.481 e. The molecule has 1 rings (SSSR count). The minimum absolute atomic E-state index is 0.155. The van der Waals surface area contributed by atoms with Gasteiger partial charge in [-0.2, -0.15) is 0 Å². The number of hydrogen-bond acceptors (Lipinski definition) is 5. The van der Waals surface area contributed by atoms with Crippen LogP contribution in [0.5, 0.6) is 0 Å². The molecule has 1 aromatic rings. The normalized spacial score (nSPS) is 11.7. The van der Waals surface area contributed by atoms with Gasteiger partial charge in [0.1, 0.15) is 11.3 Å². The number of carbonyl (C=O) groups excluding carboxylic acids is 1. The molecule has 9 heteroatoms. The third-order valence-corrected chi connectivity index (χ3v) is 2.97. The van der Waals surface area contributed by atoms with E-state index < -0.39 is 22.8 Å². The summed E-state index contributed by atoms with van der Waals surface area (Å²) in [6.07, 6.45) is 1.86. The average molecular weight is 316 g/mol. The SMILES string of the molecule is CCCC(CC(=O)O)NC(=O)c1cc([N+](=O)[O-])cnc1Cl. The van der Waals surface area contributed by atoms with Gasteiger partial charge in [-0.15, -0.1) is 0 Å². The fourth-order valence-electron chi connectivity index (χ4n) is 1.74. The molecule has 1 amide bonds. The van der Waals surface area contributed by atoms with Gasteiger partial charge in [0.05, 0.1) is 16.9 Å². The number of hydrogen-bond donors (Lipinski definition) is 2. The summed E-state index contributed by atoms with van der Waals surface area (Å²) in [7, 11) is 0. The molecular formula is C12H14ClN3O5. The summed E-state index contributed by atoms with van der Waals surface area (Å²) in [5.41, 5.74) is -0.521. The maximum absolute atomic E-state index is 12.1. The molecule has 1 aromatic heterocycles. The molecule has 0 radical (unpaired) electrons. The van der Waals surface area contributed by atoms with Crippen molar-refractivity contribution in [1.29, 1.82) is 0 Å². The first-order valence-electron chi connectivity index (χ1n) is 6.17. The van der Waals surface area contributed by atoms with Gasteiger partial charge >= 0.3 is 5.97 Å². The third kappa shape index (κ3) is 4.99. The molecule has 0 saturated heterocycles. The lowest BCUT2D eigenvalue weighted by Gasteiger charge is -2.16. The molecule has 8 nitrogen and oxygen atoms in total. The molecule has 0 spiro atoms. The molecule has 114 valence electrons. The number of aliphatic carboxylic acids is 1. The molecule has 21 heavy (non-hydrogen) atoms. The number of carboxylic acid groups (broad SMARTS) is 1. The van der Waals surface area contributed by atoms with Crippen molar-refractivity contribution in [3.05, 3.63) is 33.1 Å². The van der Waals surface area contributed by atoms with Crippen molar-refractivity contribution in [3.63, 3.8) is 0 Å². The van der Waals surface area contributed by atoms with Gasteiger partial charge in [0.15, 0.2) is 0 Å². The Balaban J connectivity index is 2.93. The van der Waals surface area contributed by atoms with Crippen LogP contribution in [0.3, 0.4) is 0 Å². The van der Waals surface area contributed by atoms with Gasteiger partial charge in [-0.3, -0.25) is 19.7 Å². The van der Waals surface area contributed by atoms with Crippen LogP contribution >= 0.6 is 11.6 Å². The zero-order valence-electron chi connectivity index (χ0n) is 11.2. The van der Waals surface area contributed by atoms with E-state index in [0.29, 0.717) is 12.8 Å². The number of pyridine rings is 1. The van der Waals surface area contributed by atoms with Crippen molar-refractivity contribution in [3.8, 4) is 0 Å². The molecule has 0 aromatic carbocycles. The summed E-state index contributed by atoms with van der Waals surface area (Å²) in [6, 6.07) is 0.435. The lowest BCUT2D eigenvalue weighted by Crippen LogP contribution is -2.36. The summed E-state index contributed by atoms with van der Waals surface area (Å²) < 4.78 is 0. The van der Waals surface area contributed by atoms with Crippen LogP contribution in [0.2, 0.25) is 5.15 Å². The van der Waals surface area contributed by atoms with Gasteiger partial charge in [0, 0.05) is 12.1 Å². The molecule has 2 N–H and O–H groups in total. The number of nitrogens with one attached hydrogen (secondary N) is 1. The van der Waals surface area contributed by atoms with Gasteiger partial charge in [0.25, 0.3) is 11.6 Å². The highest BCUT2D eigenvalue weighted by Gasteiger charge is 2.21. The standard InChI is InChI=1S/C12H14ClN3O5/c1-2-3-7(4-10(17)18)15-12(19)9-5-8(16(20)21)6-14-11(9)13/h5-7H,2-4H2,1H3,(H,15,19)(H,17,18). The first-order chi connectivity index (χ1) is 9.85. The second kappa shape index (κ2) is 7.53. The van der Waals surface area contributed by atoms with Crippen molar-refractivity contribution in [2.75, 3.05) is 0 Å². The summed E-state index contributed by atoms with van der Waals surface area (Å²) in [4.78, 5) is 36.3. The Morgan fingerprint density at radius 2 is 2.24 bits per heavy atom. The number of aromatic nitrogens is 1. The van der Waals surface area contributed by atoms with Crippen LogP contribution in [0, 0.1) is 10.1 Å². The first-order valence-corrected chi connectivity index (χ1v) is 6.55. The summed E-state index contributed by atoms with van der Waals surface area (Å²) in [6.45, 7) is 1.85. The van der Waals surface area contributed by atoms with E-state index in [-0.39, 0.29) is 22.8 Å². The van der Waals surface area contributed by atoms with E-state index in [1.54, 1.807) is 0 Å². The molecular weight excluding hydrogens is 302 g/mol. The number of nitrogens with zero attached hydrogens (tertiary/aromatic N) is 2. The fourth-order valence-corrected chi connectivity index (χ4v) is 1.93. The van der Waals surface area contributed by atoms with Gasteiger partial charge in [-0.25, -0.2) is 4.98 Å². The molecule has 0 aliphatic rings. The molecule has 0 aliphatic carbocycles. The number of amides is 1. The van der Waals surface area contributed by atoms with Gasteiger partial charge in [0.2, 0.25) is 0 Å². The van der Waals surface area contributed by atoms with Crippen LogP contribution in [-0.4, -0.2) is 32.9 Å². The van der Waals surface area contributed by atoms with Crippen molar-refractivity contribution in [2.45, 2.75) is 32.2 Å². The molecule has 0 aliphatic heterocycles. The average Bonchev–Trinajstić information content (AvgIpc) is 2.38. The highest BCUT2D eigenvalue weighted by Crippen LogP contribution is 2.19. The number of halogens is 1. The van der Waals surface area contributed by atoms with E-state index >= 15 is 0 Å². The summed E-state index contributed by atoms with van der Waals surface area (Å²) in [5, 5.41) is 21.8. The van der Waals surface area contributed by atoms with Crippen molar-refractivity contribution in [2.24, 2.45) is 0 Å². The third-order valence-electron chi connectivity index (χ3n) is 2.67. The predicted octanol–water partition coefficient (Wildman–Crippen LogP) is 2.02. The van der Waals surface area contributed by atoms with Crippen LogP contribution in [0.1, 0.15) is 36.5 Å². The number of carbonyl (C=O) groups is 2. The Morgan fingerprint density at radius 3 is 2.76 bits per heavy atom. The predicted molar refractivity (Wildman–Crippen MR) is 74.3 cm³/mol. The lowest BCUT2D eigenvalue weighted by atomic mass is 10.1. The Labute approximate surface area is 125 Å². The number of nitro groups is 1. The second-order valence-corrected chi connectivity index (χ2v) is 4.70. The largest absolute Gasteiger partial charge is 0.481 e. The summed E-state index contributed by atoms with van der Waals surface area (Å²) in [5.74, 6) is -1.73. The Kier molecular flexibility index (Phi) is 6.04. The topological polar surface area (TPSA) is 122 Å².